The smallest absolute Gasteiger partial charge is 0.120 e. The molecule has 0 saturated carbocycles. The summed E-state index contributed by atoms with van der Waals surface area (Å²) in [5.74, 6) is 0.790. The Morgan fingerprint density at radius 2 is 1.24 bits per heavy atom. The maximum absolute atomic E-state index is 7.43. The van der Waals surface area contributed by atoms with E-state index in [0.717, 1.165) is 41.4 Å². The summed E-state index contributed by atoms with van der Waals surface area (Å²) in [6.45, 7) is 14.7. The molecule has 3 aromatic carbocycles. The van der Waals surface area contributed by atoms with Crippen molar-refractivity contribution in [1.29, 1.82) is 0 Å². The van der Waals surface area contributed by atoms with E-state index in [4.69, 9.17) is 33.2 Å². The fourth-order valence-corrected chi connectivity index (χ4v) is 7.62. The average molecular weight is 723 g/mol. The maximum Gasteiger partial charge on any atom is 0.120 e. The van der Waals surface area contributed by atoms with Crippen LogP contribution in [0, 0.1) is 41.5 Å². The molecule has 232 valence electrons. The van der Waals surface area contributed by atoms with E-state index >= 15 is 0 Å². The summed E-state index contributed by atoms with van der Waals surface area (Å²) in [4.78, 5) is 14.6. The number of hydrogen-bond donors (Lipinski definition) is 0. The molecule has 2 atom stereocenters. The molecular weight excluding hydrogens is 684 g/mol. The van der Waals surface area contributed by atoms with Gasteiger partial charge in [0.2, 0.25) is 0 Å². The normalized spacial score (nSPS) is 17.2. The van der Waals surface area contributed by atoms with Gasteiger partial charge in [-0.25, -0.2) is 0 Å². The molecule has 0 radical (unpaired) electrons. The van der Waals surface area contributed by atoms with Crippen LogP contribution < -0.4 is 9.80 Å². The standard InChI is InChI=1S/C38H38Cl2N4.Ru/c1-23-18-25(3)36(26(4)19-23)43-16-17-44(37-27(5)20-24(2)21-28(37)6)38(43)30-22-42-35(34(40)33(30)39)32(29-12-8-7-9-13-29)31-14-10-11-15-41-31;/h7-15,18-22,32-33H,16-17H2,1-6H3;. The fraction of sp³-hybridized carbons (Fsp3) is 0.263. The predicted octanol–water partition coefficient (Wildman–Crippen LogP) is 9.44. The molecule has 4 aromatic rings. The summed E-state index contributed by atoms with van der Waals surface area (Å²) < 4.78 is 0. The SMILES string of the molecule is Cc1cc(C)c(N2CCN(c3c(C)cc(C)cc3C)C2=C2C=NC(C(c3ccccc3)c3ccccn3)=C(Cl)C2Cl)c(C)c1.[Ru]. The van der Waals surface area contributed by atoms with Crippen LogP contribution in [0.2, 0.25) is 0 Å². The van der Waals surface area contributed by atoms with Crippen LogP contribution in [0.1, 0.15) is 50.6 Å². The fourth-order valence-electron chi connectivity index (χ4n) is 7.08. The molecule has 0 aliphatic carbocycles. The van der Waals surface area contributed by atoms with Crippen molar-refractivity contribution in [2.24, 2.45) is 4.99 Å². The third-order valence-corrected chi connectivity index (χ3v) is 9.58. The second-order valence-corrected chi connectivity index (χ2v) is 12.9. The Bertz CT molecular complexity index is 1660. The summed E-state index contributed by atoms with van der Waals surface area (Å²) in [6, 6.07) is 25.2. The number of benzene rings is 3. The van der Waals surface area contributed by atoms with Crippen molar-refractivity contribution in [3.8, 4) is 0 Å². The zero-order valence-electron chi connectivity index (χ0n) is 26.6. The Kier molecular flexibility index (Phi) is 10.0. The minimum absolute atomic E-state index is 0. The van der Waals surface area contributed by atoms with E-state index in [2.05, 4.69) is 87.7 Å². The van der Waals surface area contributed by atoms with Crippen LogP contribution in [0.25, 0.3) is 0 Å². The van der Waals surface area contributed by atoms with Crippen LogP contribution in [0.5, 0.6) is 0 Å². The Labute approximate surface area is 290 Å². The quantitative estimate of drug-likeness (QED) is 0.152. The molecule has 0 spiro atoms. The van der Waals surface area contributed by atoms with Crippen molar-refractivity contribution in [1.82, 2.24) is 4.98 Å². The third kappa shape index (κ3) is 6.28. The molecule has 3 heterocycles. The third-order valence-electron chi connectivity index (χ3n) is 8.60. The molecule has 0 bridgehead atoms. The van der Waals surface area contributed by atoms with E-state index in [0.29, 0.717) is 5.03 Å². The van der Waals surface area contributed by atoms with Crippen molar-refractivity contribution < 1.29 is 19.5 Å². The monoisotopic (exact) mass is 722 g/mol. The minimum Gasteiger partial charge on any atom is -0.325 e. The first-order valence-corrected chi connectivity index (χ1v) is 16.0. The number of alkyl halides is 1. The van der Waals surface area contributed by atoms with Gasteiger partial charge < -0.3 is 9.80 Å². The number of allylic oxidation sites excluding steroid dienone is 3. The number of pyridine rings is 1. The first-order chi connectivity index (χ1) is 21.2. The Hall–Kier alpha value is -3.24. The number of aryl methyl sites for hydroxylation is 6. The molecule has 45 heavy (non-hydrogen) atoms. The van der Waals surface area contributed by atoms with Crippen LogP contribution in [0.3, 0.4) is 0 Å². The van der Waals surface area contributed by atoms with E-state index < -0.39 is 5.38 Å². The number of aliphatic imine (C=N–C) groups is 1. The summed E-state index contributed by atoms with van der Waals surface area (Å²) in [7, 11) is 0. The van der Waals surface area contributed by atoms with Gasteiger partial charge in [-0.15, -0.1) is 11.6 Å². The van der Waals surface area contributed by atoms with Crippen LogP contribution in [-0.4, -0.2) is 29.7 Å². The number of nitrogens with zero attached hydrogens (tertiary/aromatic N) is 4. The number of rotatable bonds is 5. The Morgan fingerprint density at radius 3 is 1.73 bits per heavy atom. The molecule has 6 rings (SSSR count). The number of anilines is 2. The van der Waals surface area contributed by atoms with E-state index in [1.54, 1.807) is 0 Å². The zero-order chi connectivity index (χ0) is 31.1. The summed E-state index contributed by atoms with van der Waals surface area (Å²) in [6.07, 6.45) is 3.75. The van der Waals surface area contributed by atoms with Crippen LogP contribution >= 0.6 is 23.2 Å². The van der Waals surface area contributed by atoms with Gasteiger partial charge in [-0.05, 0) is 81.5 Å². The topological polar surface area (TPSA) is 31.7 Å². The molecule has 1 fully saturated rings. The second-order valence-electron chi connectivity index (χ2n) is 12.0. The van der Waals surface area contributed by atoms with Crippen LogP contribution in [0.4, 0.5) is 11.4 Å². The summed E-state index contributed by atoms with van der Waals surface area (Å²) in [5.41, 5.74) is 13.4. The van der Waals surface area contributed by atoms with Gasteiger partial charge in [0.1, 0.15) is 11.2 Å². The van der Waals surface area contributed by atoms with Gasteiger partial charge >= 0.3 is 0 Å². The van der Waals surface area contributed by atoms with Crippen LogP contribution in [-0.2, 0) is 19.5 Å². The molecule has 7 heteroatoms. The molecule has 0 amide bonds. The molecule has 0 N–H and O–H groups in total. The van der Waals surface area contributed by atoms with Crippen LogP contribution in [0.15, 0.2) is 106 Å². The van der Waals surface area contributed by atoms with Crippen molar-refractivity contribution in [3.63, 3.8) is 0 Å². The Balaban J connectivity index is 0.00000400. The summed E-state index contributed by atoms with van der Waals surface area (Å²) in [5, 5.41) is -0.0630. The molecule has 1 saturated heterocycles. The second kappa shape index (κ2) is 13.6. The zero-order valence-corrected chi connectivity index (χ0v) is 29.8. The number of hydrogen-bond acceptors (Lipinski definition) is 4. The van der Waals surface area contributed by atoms with Crippen molar-refractivity contribution in [2.45, 2.75) is 52.8 Å². The molecule has 4 nitrogen and oxygen atoms in total. The summed E-state index contributed by atoms with van der Waals surface area (Å²) >= 11 is 14.7. The van der Waals surface area contributed by atoms with Gasteiger partial charge in [0.05, 0.1) is 22.3 Å². The maximum atomic E-state index is 7.43. The van der Waals surface area contributed by atoms with Gasteiger partial charge in [-0.1, -0.05) is 83.4 Å². The van der Waals surface area contributed by atoms with E-state index in [1.807, 2.05) is 48.8 Å². The predicted molar refractivity (Wildman–Crippen MR) is 187 cm³/mol. The average Bonchev–Trinajstić information content (AvgIpc) is 3.39. The first kappa shape index (κ1) is 33.1. The molecule has 2 unspecified atom stereocenters. The van der Waals surface area contributed by atoms with Gasteiger partial charge in [-0.2, -0.15) is 0 Å². The minimum atomic E-state index is -0.589. The van der Waals surface area contributed by atoms with Crippen molar-refractivity contribution >= 4 is 40.8 Å². The van der Waals surface area contributed by atoms with E-state index in [1.165, 1.54) is 44.8 Å². The van der Waals surface area contributed by atoms with E-state index in [-0.39, 0.29) is 25.4 Å². The van der Waals surface area contributed by atoms with Crippen molar-refractivity contribution in [2.75, 3.05) is 22.9 Å². The molecule has 2 aliphatic heterocycles. The largest absolute Gasteiger partial charge is 0.325 e. The van der Waals surface area contributed by atoms with Crippen molar-refractivity contribution in [3.05, 3.63) is 146 Å². The van der Waals surface area contributed by atoms with Gasteiger partial charge in [0.15, 0.2) is 0 Å². The first-order valence-electron chi connectivity index (χ1n) is 15.1. The number of halogens is 2. The molecular formula is C38H38Cl2N4Ru. The van der Waals surface area contributed by atoms with Gasteiger partial charge in [-0.3, -0.25) is 9.98 Å². The number of aromatic nitrogens is 1. The molecule has 1 aromatic heterocycles. The van der Waals surface area contributed by atoms with E-state index in [9.17, 15) is 0 Å². The van der Waals surface area contributed by atoms with Gasteiger partial charge in [0, 0.05) is 61.9 Å². The molecule has 2 aliphatic rings. The van der Waals surface area contributed by atoms with Gasteiger partial charge in [0.25, 0.3) is 0 Å². The Morgan fingerprint density at radius 1 is 0.733 bits per heavy atom.